The highest BCUT2D eigenvalue weighted by atomic mass is 79.9. The molecule has 1 aliphatic rings. The average Bonchev–Trinajstić information content (AvgIpc) is 3.25. The minimum Gasteiger partial charge on any atom is -0.364 e. The van der Waals surface area contributed by atoms with Crippen LogP contribution in [0.1, 0.15) is 22.6 Å². The number of pyridine rings is 1. The lowest BCUT2D eigenvalue weighted by Gasteiger charge is -2.05. The molecular weight excluding hydrogens is 386 g/mol. The molecule has 4 aromatic rings. The summed E-state index contributed by atoms with van der Waals surface area (Å²) >= 11 is 5.30. The number of rotatable bonds is 3. The molecule has 0 radical (unpaired) electrons. The van der Waals surface area contributed by atoms with Crippen molar-refractivity contribution in [3.63, 3.8) is 0 Å². The lowest BCUT2D eigenvalue weighted by Crippen LogP contribution is -2.03. The highest BCUT2D eigenvalue weighted by Gasteiger charge is 2.21. The van der Waals surface area contributed by atoms with Crippen LogP contribution in [-0.4, -0.2) is 19.4 Å². The maximum Gasteiger partial charge on any atom is 0.138 e. The SMILES string of the molecule is Brc1ccc2nc(CNc3ncnc4sc5c(c34)CCC5)cn2c1. The summed E-state index contributed by atoms with van der Waals surface area (Å²) in [5.41, 5.74) is 3.38. The van der Waals surface area contributed by atoms with Crippen molar-refractivity contribution in [1.29, 1.82) is 0 Å². The molecule has 0 amide bonds. The van der Waals surface area contributed by atoms with Gasteiger partial charge in [-0.1, -0.05) is 0 Å². The first-order valence-corrected chi connectivity index (χ1v) is 9.51. The number of nitrogens with one attached hydrogen (secondary N) is 1. The lowest BCUT2D eigenvalue weighted by molar-refractivity contribution is 0.917. The fourth-order valence-corrected chi connectivity index (χ4v) is 4.92. The maximum absolute atomic E-state index is 4.65. The molecule has 0 saturated heterocycles. The van der Waals surface area contributed by atoms with Crippen LogP contribution in [0.4, 0.5) is 5.82 Å². The van der Waals surface area contributed by atoms with Gasteiger partial charge in [0.05, 0.1) is 17.6 Å². The van der Waals surface area contributed by atoms with Crippen molar-refractivity contribution < 1.29 is 0 Å². The average molecular weight is 400 g/mol. The molecule has 1 N–H and O–H groups in total. The van der Waals surface area contributed by atoms with E-state index in [0.717, 1.165) is 32.9 Å². The Bertz CT molecular complexity index is 1070. The number of imidazole rings is 1. The van der Waals surface area contributed by atoms with E-state index >= 15 is 0 Å². The number of hydrogen-bond acceptors (Lipinski definition) is 5. The molecule has 4 aromatic heterocycles. The van der Waals surface area contributed by atoms with E-state index in [1.807, 2.05) is 40.3 Å². The first-order chi connectivity index (χ1) is 11.8. The van der Waals surface area contributed by atoms with Gasteiger partial charge in [-0.25, -0.2) is 15.0 Å². The third kappa shape index (κ3) is 2.31. The van der Waals surface area contributed by atoms with Gasteiger partial charge < -0.3 is 9.72 Å². The van der Waals surface area contributed by atoms with Crippen LogP contribution < -0.4 is 5.32 Å². The molecule has 24 heavy (non-hydrogen) atoms. The number of aromatic nitrogens is 4. The summed E-state index contributed by atoms with van der Waals surface area (Å²) < 4.78 is 3.07. The number of nitrogens with zero attached hydrogens (tertiary/aromatic N) is 4. The summed E-state index contributed by atoms with van der Waals surface area (Å²) in [4.78, 5) is 16.1. The highest BCUT2D eigenvalue weighted by molar-refractivity contribution is 9.10. The van der Waals surface area contributed by atoms with E-state index in [0.29, 0.717) is 6.54 Å². The standard InChI is InChI=1S/C17H14BrN5S/c18-10-4-5-14-22-11(8-23(14)7-10)6-19-16-15-12-2-1-3-13(12)24-17(15)21-9-20-16/h4-5,7-9H,1-3,6H2,(H,19,20,21). The summed E-state index contributed by atoms with van der Waals surface area (Å²) in [5.74, 6) is 0.928. The first-order valence-electron chi connectivity index (χ1n) is 7.90. The van der Waals surface area contributed by atoms with Crippen molar-refractivity contribution in [2.45, 2.75) is 25.8 Å². The molecular formula is C17H14BrN5S. The third-order valence-corrected chi connectivity index (χ3v) is 6.07. The molecule has 7 heteroatoms. The van der Waals surface area contributed by atoms with Gasteiger partial charge in [0.1, 0.15) is 22.6 Å². The van der Waals surface area contributed by atoms with Crippen molar-refractivity contribution in [3.8, 4) is 0 Å². The number of halogens is 1. The van der Waals surface area contributed by atoms with Gasteiger partial charge in [-0.15, -0.1) is 11.3 Å². The van der Waals surface area contributed by atoms with E-state index in [9.17, 15) is 0 Å². The normalized spacial score (nSPS) is 13.7. The Morgan fingerprint density at radius 3 is 3.12 bits per heavy atom. The van der Waals surface area contributed by atoms with E-state index < -0.39 is 0 Å². The predicted molar refractivity (Wildman–Crippen MR) is 99.7 cm³/mol. The van der Waals surface area contributed by atoms with Gasteiger partial charge in [0.25, 0.3) is 0 Å². The van der Waals surface area contributed by atoms with Crippen LogP contribution in [0.5, 0.6) is 0 Å². The summed E-state index contributed by atoms with van der Waals surface area (Å²) in [6.07, 6.45) is 9.27. The largest absolute Gasteiger partial charge is 0.364 e. The molecule has 4 heterocycles. The number of thiophene rings is 1. The summed E-state index contributed by atoms with van der Waals surface area (Å²) in [7, 11) is 0. The zero-order valence-corrected chi connectivity index (χ0v) is 15.2. The van der Waals surface area contributed by atoms with Gasteiger partial charge in [0.15, 0.2) is 0 Å². The lowest BCUT2D eigenvalue weighted by atomic mass is 10.2. The second-order valence-corrected chi connectivity index (χ2v) is 7.96. The van der Waals surface area contributed by atoms with E-state index in [-0.39, 0.29) is 0 Å². The third-order valence-electron chi connectivity index (χ3n) is 4.40. The van der Waals surface area contributed by atoms with E-state index in [4.69, 9.17) is 0 Å². The van der Waals surface area contributed by atoms with E-state index in [1.54, 1.807) is 6.33 Å². The maximum atomic E-state index is 4.65. The molecule has 0 saturated carbocycles. The Morgan fingerprint density at radius 1 is 1.21 bits per heavy atom. The van der Waals surface area contributed by atoms with Crippen molar-refractivity contribution >= 4 is 48.9 Å². The van der Waals surface area contributed by atoms with Crippen molar-refractivity contribution in [1.82, 2.24) is 19.4 Å². The van der Waals surface area contributed by atoms with Crippen LogP contribution in [0.15, 0.2) is 35.3 Å². The fourth-order valence-electron chi connectivity index (χ4n) is 3.34. The molecule has 0 spiro atoms. The van der Waals surface area contributed by atoms with E-state index in [1.165, 1.54) is 28.7 Å². The van der Waals surface area contributed by atoms with Gasteiger partial charge in [-0.2, -0.15) is 0 Å². The van der Waals surface area contributed by atoms with Gasteiger partial charge in [0, 0.05) is 21.7 Å². The molecule has 120 valence electrons. The Balaban J connectivity index is 1.48. The van der Waals surface area contributed by atoms with Crippen LogP contribution in [0.25, 0.3) is 15.9 Å². The Labute approximate surface area is 150 Å². The number of fused-ring (bicyclic) bond motifs is 4. The molecule has 0 unspecified atom stereocenters. The quantitative estimate of drug-likeness (QED) is 0.560. The first kappa shape index (κ1) is 14.4. The topological polar surface area (TPSA) is 55.1 Å². The van der Waals surface area contributed by atoms with Crippen LogP contribution in [0.2, 0.25) is 0 Å². The molecule has 5 rings (SSSR count). The molecule has 0 aliphatic heterocycles. The van der Waals surface area contributed by atoms with Crippen LogP contribution in [0, 0.1) is 0 Å². The summed E-state index contributed by atoms with van der Waals surface area (Å²) in [6, 6.07) is 4.00. The molecule has 0 aromatic carbocycles. The van der Waals surface area contributed by atoms with Crippen LogP contribution >= 0.6 is 27.3 Å². The van der Waals surface area contributed by atoms with Crippen LogP contribution in [-0.2, 0) is 19.4 Å². The smallest absolute Gasteiger partial charge is 0.138 e. The van der Waals surface area contributed by atoms with Gasteiger partial charge in [0.2, 0.25) is 0 Å². The zero-order chi connectivity index (χ0) is 16.1. The predicted octanol–water partition coefficient (Wildman–Crippen LogP) is 4.20. The Morgan fingerprint density at radius 2 is 2.17 bits per heavy atom. The van der Waals surface area contributed by atoms with Crippen LogP contribution in [0.3, 0.4) is 0 Å². The molecule has 1 aliphatic carbocycles. The Kier molecular flexibility index (Phi) is 3.31. The highest BCUT2D eigenvalue weighted by Crippen LogP contribution is 2.39. The fraction of sp³-hybridized carbons (Fsp3) is 0.235. The number of aryl methyl sites for hydroxylation is 2. The molecule has 5 nitrogen and oxygen atoms in total. The van der Waals surface area contributed by atoms with Crippen molar-refractivity contribution in [2.75, 3.05) is 5.32 Å². The Hall–Kier alpha value is -1.99. The van der Waals surface area contributed by atoms with Crippen molar-refractivity contribution in [2.24, 2.45) is 0 Å². The van der Waals surface area contributed by atoms with E-state index in [2.05, 4.69) is 36.2 Å². The molecule has 0 bridgehead atoms. The minimum atomic E-state index is 0.649. The van der Waals surface area contributed by atoms with Gasteiger partial charge >= 0.3 is 0 Å². The second-order valence-electron chi connectivity index (χ2n) is 5.96. The minimum absolute atomic E-state index is 0.649. The van der Waals surface area contributed by atoms with Crippen molar-refractivity contribution in [3.05, 3.63) is 51.5 Å². The van der Waals surface area contributed by atoms with Gasteiger partial charge in [-0.05, 0) is 52.9 Å². The second kappa shape index (κ2) is 5.53. The number of anilines is 1. The van der Waals surface area contributed by atoms with Gasteiger partial charge in [-0.3, -0.25) is 0 Å². The number of hydrogen-bond donors (Lipinski definition) is 1. The molecule has 0 atom stereocenters. The molecule has 0 fully saturated rings. The summed E-state index contributed by atoms with van der Waals surface area (Å²) in [6.45, 7) is 0.649. The zero-order valence-electron chi connectivity index (χ0n) is 12.8. The summed E-state index contributed by atoms with van der Waals surface area (Å²) in [5, 5.41) is 4.67. The monoisotopic (exact) mass is 399 g/mol.